The SMILES string of the molecule is Cc1cc(N2CC([N+](C)(C)C)CC2C[N+](C)(C)C)ccc1N.[Cl-].[Cl-]. The minimum atomic E-state index is 0. The van der Waals surface area contributed by atoms with Crippen LogP contribution in [0.3, 0.4) is 0 Å². The maximum Gasteiger partial charge on any atom is 0.108 e. The Morgan fingerprint density at radius 1 is 1.08 bits per heavy atom. The molecule has 1 heterocycles. The van der Waals surface area contributed by atoms with Crippen LogP contribution in [0.4, 0.5) is 11.4 Å². The topological polar surface area (TPSA) is 29.3 Å². The number of halogens is 2. The number of aryl methyl sites for hydroxylation is 1. The Morgan fingerprint density at radius 2 is 1.67 bits per heavy atom. The standard InChI is InChI=1S/C18H34N4.2ClH/c1-14-10-15(8-9-18(14)19)20-12-17(22(5,6)7)11-16(20)13-21(2,3)4;;/h8-10,16-17H,11-13,19H2,1-7H3;2*1H/q+2;;/p-2. The number of nitrogens with zero attached hydrogens (tertiary/aromatic N) is 3. The van der Waals surface area contributed by atoms with Gasteiger partial charge in [-0.05, 0) is 30.7 Å². The molecule has 0 aromatic heterocycles. The molecule has 140 valence electrons. The van der Waals surface area contributed by atoms with Gasteiger partial charge in [-0.25, -0.2) is 0 Å². The van der Waals surface area contributed by atoms with Gasteiger partial charge >= 0.3 is 0 Å². The van der Waals surface area contributed by atoms with Gasteiger partial charge in [-0.3, -0.25) is 0 Å². The zero-order valence-electron chi connectivity index (χ0n) is 16.2. The van der Waals surface area contributed by atoms with E-state index in [1.807, 2.05) is 6.07 Å². The number of likely N-dealkylation sites (N-methyl/N-ethyl adjacent to an activating group) is 2. The first-order valence-corrected chi connectivity index (χ1v) is 8.22. The third-order valence-corrected chi connectivity index (χ3v) is 4.83. The van der Waals surface area contributed by atoms with Gasteiger partial charge in [0, 0.05) is 17.8 Å². The number of benzene rings is 1. The smallest absolute Gasteiger partial charge is 0.108 e. The van der Waals surface area contributed by atoms with Crippen molar-refractivity contribution in [2.45, 2.75) is 25.4 Å². The van der Waals surface area contributed by atoms with Crippen molar-refractivity contribution < 1.29 is 33.8 Å². The van der Waals surface area contributed by atoms with Crippen LogP contribution in [0.5, 0.6) is 0 Å². The fourth-order valence-corrected chi connectivity index (χ4v) is 3.41. The molecule has 1 aromatic carbocycles. The van der Waals surface area contributed by atoms with Gasteiger partial charge in [0.1, 0.15) is 6.04 Å². The highest BCUT2D eigenvalue weighted by atomic mass is 35.5. The monoisotopic (exact) mass is 376 g/mol. The Balaban J connectivity index is 0.00000264. The van der Waals surface area contributed by atoms with Crippen LogP contribution in [0.2, 0.25) is 0 Å². The zero-order chi connectivity index (χ0) is 16.7. The fourth-order valence-electron chi connectivity index (χ4n) is 3.41. The number of anilines is 2. The number of quaternary nitrogens is 2. The Kier molecular flexibility index (Phi) is 7.90. The summed E-state index contributed by atoms with van der Waals surface area (Å²) in [5.74, 6) is 0. The van der Waals surface area contributed by atoms with Crippen LogP contribution in [0.25, 0.3) is 0 Å². The van der Waals surface area contributed by atoms with Crippen LogP contribution in [-0.4, -0.2) is 76.4 Å². The Morgan fingerprint density at radius 3 is 2.12 bits per heavy atom. The first kappa shape index (κ1) is 23.3. The van der Waals surface area contributed by atoms with E-state index in [0.29, 0.717) is 12.1 Å². The van der Waals surface area contributed by atoms with E-state index in [1.165, 1.54) is 24.2 Å². The predicted octanol–water partition coefficient (Wildman–Crippen LogP) is -4.06. The van der Waals surface area contributed by atoms with Gasteiger partial charge in [-0.1, -0.05) is 0 Å². The first-order chi connectivity index (χ1) is 9.97. The molecule has 2 rings (SSSR count). The minimum absolute atomic E-state index is 0. The lowest BCUT2D eigenvalue weighted by Crippen LogP contribution is -3.00. The summed E-state index contributed by atoms with van der Waals surface area (Å²) in [6.45, 7) is 4.39. The number of hydrogen-bond acceptors (Lipinski definition) is 2. The molecule has 2 atom stereocenters. The lowest BCUT2D eigenvalue weighted by atomic mass is 10.1. The van der Waals surface area contributed by atoms with E-state index < -0.39 is 0 Å². The second kappa shape index (κ2) is 8.13. The Labute approximate surface area is 160 Å². The number of nitrogens with two attached hydrogens (primary N) is 1. The Hall–Kier alpha value is -0.680. The molecule has 1 saturated heterocycles. The summed E-state index contributed by atoms with van der Waals surface area (Å²) < 4.78 is 2.02. The molecule has 0 radical (unpaired) electrons. The Bertz CT molecular complexity index is 535. The summed E-state index contributed by atoms with van der Waals surface area (Å²) in [5, 5.41) is 0. The van der Waals surface area contributed by atoms with Crippen molar-refractivity contribution in [2.24, 2.45) is 0 Å². The first-order valence-electron chi connectivity index (χ1n) is 8.22. The van der Waals surface area contributed by atoms with Gasteiger partial charge in [0.05, 0.1) is 61.4 Å². The number of nitrogen functional groups attached to an aromatic ring is 1. The van der Waals surface area contributed by atoms with Crippen LogP contribution in [-0.2, 0) is 0 Å². The molecule has 2 N–H and O–H groups in total. The van der Waals surface area contributed by atoms with Gasteiger partial charge in [0.15, 0.2) is 0 Å². The molecule has 0 spiro atoms. The van der Waals surface area contributed by atoms with Crippen LogP contribution in [0.1, 0.15) is 12.0 Å². The molecule has 1 aliphatic heterocycles. The highest BCUT2D eigenvalue weighted by Gasteiger charge is 2.41. The maximum atomic E-state index is 6.00. The molecule has 4 nitrogen and oxygen atoms in total. The summed E-state index contributed by atoms with van der Waals surface area (Å²) in [6, 6.07) is 7.74. The maximum absolute atomic E-state index is 6.00. The molecule has 6 heteroatoms. The number of hydrogen-bond donors (Lipinski definition) is 1. The normalized spacial score (nSPS) is 21.2. The summed E-state index contributed by atoms with van der Waals surface area (Å²) in [5.41, 5.74) is 9.38. The van der Waals surface area contributed by atoms with Crippen molar-refractivity contribution in [3.8, 4) is 0 Å². The van der Waals surface area contributed by atoms with Crippen molar-refractivity contribution in [1.29, 1.82) is 0 Å². The second-order valence-electron chi connectivity index (χ2n) is 8.83. The molecule has 1 fully saturated rings. The van der Waals surface area contributed by atoms with Crippen molar-refractivity contribution >= 4 is 11.4 Å². The average molecular weight is 377 g/mol. The lowest BCUT2D eigenvalue weighted by molar-refractivity contribution is -0.894. The van der Waals surface area contributed by atoms with Crippen LogP contribution >= 0.6 is 0 Å². The summed E-state index contributed by atoms with van der Waals surface area (Å²) in [4.78, 5) is 2.60. The molecular formula is C18H34Cl2N4. The summed E-state index contributed by atoms with van der Waals surface area (Å²) in [7, 11) is 13.8. The summed E-state index contributed by atoms with van der Waals surface area (Å²) in [6.07, 6.45) is 1.25. The molecule has 0 bridgehead atoms. The molecule has 0 saturated carbocycles. The van der Waals surface area contributed by atoms with E-state index in [9.17, 15) is 0 Å². The molecule has 1 aromatic rings. The van der Waals surface area contributed by atoms with E-state index in [0.717, 1.165) is 21.2 Å². The van der Waals surface area contributed by atoms with Crippen LogP contribution in [0, 0.1) is 6.92 Å². The van der Waals surface area contributed by atoms with Crippen molar-refractivity contribution in [3.05, 3.63) is 23.8 Å². The predicted molar refractivity (Wildman–Crippen MR) is 96.1 cm³/mol. The van der Waals surface area contributed by atoms with Crippen molar-refractivity contribution in [2.75, 3.05) is 66.0 Å². The zero-order valence-corrected chi connectivity index (χ0v) is 17.7. The molecule has 1 aliphatic rings. The van der Waals surface area contributed by atoms with E-state index in [-0.39, 0.29) is 24.8 Å². The highest BCUT2D eigenvalue weighted by Crippen LogP contribution is 2.31. The minimum Gasteiger partial charge on any atom is -1.00 e. The van der Waals surface area contributed by atoms with Gasteiger partial charge in [-0.2, -0.15) is 0 Å². The molecule has 2 unspecified atom stereocenters. The third kappa shape index (κ3) is 5.69. The van der Waals surface area contributed by atoms with Gasteiger partial charge in [-0.15, -0.1) is 0 Å². The molecule has 0 aliphatic carbocycles. The average Bonchev–Trinajstić information content (AvgIpc) is 2.74. The van der Waals surface area contributed by atoms with Crippen LogP contribution in [0.15, 0.2) is 18.2 Å². The van der Waals surface area contributed by atoms with E-state index >= 15 is 0 Å². The van der Waals surface area contributed by atoms with Gasteiger partial charge in [0.2, 0.25) is 0 Å². The highest BCUT2D eigenvalue weighted by molar-refractivity contribution is 5.59. The van der Waals surface area contributed by atoms with E-state index in [1.54, 1.807) is 0 Å². The third-order valence-electron chi connectivity index (χ3n) is 4.83. The summed E-state index contributed by atoms with van der Waals surface area (Å²) >= 11 is 0. The van der Waals surface area contributed by atoms with E-state index in [4.69, 9.17) is 5.73 Å². The largest absolute Gasteiger partial charge is 1.00 e. The van der Waals surface area contributed by atoms with Gasteiger partial charge in [0.25, 0.3) is 0 Å². The number of rotatable bonds is 4. The fraction of sp³-hybridized carbons (Fsp3) is 0.667. The van der Waals surface area contributed by atoms with Crippen molar-refractivity contribution in [3.63, 3.8) is 0 Å². The van der Waals surface area contributed by atoms with Crippen LogP contribution < -0.4 is 35.4 Å². The molecular weight excluding hydrogens is 343 g/mol. The van der Waals surface area contributed by atoms with Gasteiger partial charge < -0.3 is 44.4 Å². The van der Waals surface area contributed by atoms with Crippen molar-refractivity contribution in [1.82, 2.24) is 0 Å². The second-order valence-corrected chi connectivity index (χ2v) is 8.83. The molecule has 0 amide bonds. The molecule has 24 heavy (non-hydrogen) atoms. The lowest BCUT2D eigenvalue weighted by Gasteiger charge is -2.33. The quantitative estimate of drug-likeness (QED) is 0.428. The van der Waals surface area contributed by atoms with E-state index in [2.05, 4.69) is 66.2 Å².